The van der Waals surface area contributed by atoms with Crippen LogP contribution in [0.2, 0.25) is 0 Å². The van der Waals surface area contributed by atoms with Crippen LogP contribution in [-0.2, 0) is 9.59 Å². The molecule has 120 valence electrons. The molecule has 6 nitrogen and oxygen atoms in total. The maximum Gasteiger partial charge on any atom is 0.225 e. The molecule has 2 rings (SSSR count). The Morgan fingerprint density at radius 1 is 1.48 bits per heavy atom. The van der Waals surface area contributed by atoms with E-state index < -0.39 is 0 Å². The zero-order valence-electron chi connectivity index (χ0n) is 13.4. The van der Waals surface area contributed by atoms with Gasteiger partial charge < -0.3 is 20.4 Å². The fraction of sp³-hybridized carbons (Fsp3) is 0.867. The zero-order valence-corrected chi connectivity index (χ0v) is 13.4. The van der Waals surface area contributed by atoms with E-state index in [2.05, 4.69) is 22.5 Å². The smallest absolute Gasteiger partial charge is 0.225 e. The minimum atomic E-state index is -0.179. The lowest BCUT2D eigenvalue weighted by Crippen LogP contribution is -2.50. The first-order valence-electron chi connectivity index (χ1n) is 7.91. The molecular formula is C15H28N4O2. The predicted octanol–water partition coefficient (Wildman–Crippen LogP) is -0.489. The summed E-state index contributed by atoms with van der Waals surface area (Å²) in [5, 5.41) is 6.48. The van der Waals surface area contributed by atoms with Crippen LogP contribution < -0.4 is 10.6 Å². The molecule has 0 aromatic rings. The molecule has 2 aliphatic rings. The van der Waals surface area contributed by atoms with Crippen LogP contribution in [0, 0.1) is 11.8 Å². The molecule has 0 saturated carbocycles. The van der Waals surface area contributed by atoms with Crippen molar-refractivity contribution in [2.24, 2.45) is 11.8 Å². The first kappa shape index (κ1) is 16.2. The molecule has 0 aliphatic carbocycles. The van der Waals surface area contributed by atoms with Gasteiger partial charge in [-0.25, -0.2) is 0 Å². The Morgan fingerprint density at radius 3 is 2.90 bits per heavy atom. The normalized spacial score (nSPS) is 30.0. The molecule has 2 amide bonds. The van der Waals surface area contributed by atoms with Crippen LogP contribution in [0.25, 0.3) is 0 Å². The number of likely N-dealkylation sites (tertiary alicyclic amines) is 1. The largest absolute Gasteiger partial charge is 0.353 e. The average molecular weight is 296 g/mol. The number of amides is 2. The van der Waals surface area contributed by atoms with E-state index in [-0.39, 0.29) is 23.8 Å². The summed E-state index contributed by atoms with van der Waals surface area (Å²) in [5.74, 6) is 0.427. The van der Waals surface area contributed by atoms with Gasteiger partial charge in [-0.1, -0.05) is 6.92 Å². The van der Waals surface area contributed by atoms with Crippen molar-refractivity contribution in [3.8, 4) is 0 Å². The minimum Gasteiger partial charge on any atom is -0.353 e. The monoisotopic (exact) mass is 296 g/mol. The van der Waals surface area contributed by atoms with Crippen LogP contribution in [-0.4, -0.2) is 74.5 Å². The molecule has 6 heteroatoms. The third-order valence-corrected chi connectivity index (χ3v) is 4.52. The van der Waals surface area contributed by atoms with Gasteiger partial charge in [-0.15, -0.1) is 0 Å². The second-order valence-electron chi connectivity index (χ2n) is 6.63. The van der Waals surface area contributed by atoms with E-state index in [1.54, 1.807) is 0 Å². The average Bonchev–Trinajstić information content (AvgIpc) is 2.80. The van der Waals surface area contributed by atoms with Gasteiger partial charge in [0.25, 0.3) is 0 Å². The number of rotatable bonds is 5. The van der Waals surface area contributed by atoms with Crippen molar-refractivity contribution in [2.45, 2.75) is 25.8 Å². The Kier molecular flexibility index (Phi) is 5.58. The fourth-order valence-electron chi connectivity index (χ4n) is 3.01. The number of piperidine rings is 1. The van der Waals surface area contributed by atoms with Gasteiger partial charge in [-0.05, 0) is 39.5 Å². The molecule has 0 aromatic carbocycles. The summed E-state index contributed by atoms with van der Waals surface area (Å²) in [5.41, 5.74) is 0. The highest BCUT2D eigenvalue weighted by atomic mass is 16.2. The summed E-state index contributed by atoms with van der Waals surface area (Å²) >= 11 is 0. The van der Waals surface area contributed by atoms with E-state index in [0.29, 0.717) is 25.4 Å². The van der Waals surface area contributed by atoms with Gasteiger partial charge in [0.05, 0.1) is 5.92 Å². The molecule has 2 saturated heterocycles. The lowest BCUT2D eigenvalue weighted by Gasteiger charge is -2.31. The molecule has 0 bridgehead atoms. The van der Waals surface area contributed by atoms with Crippen LogP contribution in [0.15, 0.2) is 0 Å². The first-order chi connectivity index (χ1) is 9.97. The van der Waals surface area contributed by atoms with Crippen molar-refractivity contribution in [2.75, 3.05) is 46.8 Å². The SMILES string of the molecule is CC1CNCCC1NC(=O)C1CC(=O)N(CCN(C)C)C1. The lowest BCUT2D eigenvalue weighted by atomic mass is 9.94. The maximum atomic E-state index is 12.4. The summed E-state index contributed by atoms with van der Waals surface area (Å²) < 4.78 is 0. The highest BCUT2D eigenvalue weighted by Crippen LogP contribution is 2.19. The predicted molar refractivity (Wildman–Crippen MR) is 81.8 cm³/mol. The minimum absolute atomic E-state index is 0.0504. The molecule has 21 heavy (non-hydrogen) atoms. The van der Waals surface area contributed by atoms with Gasteiger partial charge in [0.1, 0.15) is 0 Å². The van der Waals surface area contributed by atoms with Crippen molar-refractivity contribution in [3.63, 3.8) is 0 Å². The lowest BCUT2D eigenvalue weighted by molar-refractivity contribution is -0.129. The fourth-order valence-corrected chi connectivity index (χ4v) is 3.01. The zero-order chi connectivity index (χ0) is 15.4. The number of hydrogen-bond acceptors (Lipinski definition) is 4. The quantitative estimate of drug-likeness (QED) is 0.719. The van der Waals surface area contributed by atoms with Crippen LogP contribution in [0.3, 0.4) is 0 Å². The van der Waals surface area contributed by atoms with Gasteiger partial charge >= 0.3 is 0 Å². The van der Waals surface area contributed by atoms with Crippen molar-refractivity contribution in [3.05, 3.63) is 0 Å². The Morgan fingerprint density at radius 2 is 2.24 bits per heavy atom. The molecule has 2 fully saturated rings. The topological polar surface area (TPSA) is 64.7 Å². The molecule has 2 aliphatic heterocycles. The Hall–Kier alpha value is -1.14. The highest BCUT2D eigenvalue weighted by Gasteiger charge is 2.35. The van der Waals surface area contributed by atoms with Gasteiger partial charge in [-0.3, -0.25) is 9.59 Å². The molecule has 2 heterocycles. The van der Waals surface area contributed by atoms with E-state index >= 15 is 0 Å². The molecule has 0 spiro atoms. The van der Waals surface area contributed by atoms with Gasteiger partial charge in [0.2, 0.25) is 11.8 Å². The summed E-state index contributed by atoms with van der Waals surface area (Å²) in [4.78, 5) is 28.2. The van der Waals surface area contributed by atoms with Crippen LogP contribution in [0.1, 0.15) is 19.8 Å². The maximum absolute atomic E-state index is 12.4. The van der Waals surface area contributed by atoms with Crippen LogP contribution in [0.5, 0.6) is 0 Å². The number of carbonyl (C=O) groups is 2. The number of nitrogens with one attached hydrogen (secondary N) is 2. The van der Waals surface area contributed by atoms with Crippen molar-refractivity contribution < 1.29 is 9.59 Å². The van der Waals surface area contributed by atoms with Crippen LogP contribution in [0.4, 0.5) is 0 Å². The van der Waals surface area contributed by atoms with E-state index in [1.807, 2.05) is 19.0 Å². The van der Waals surface area contributed by atoms with Gasteiger partial charge in [0, 0.05) is 32.1 Å². The van der Waals surface area contributed by atoms with E-state index in [0.717, 1.165) is 26.1 Å². The summed E-state index contributed by atoms with van der Waals surface area (Å²) in [6.07, 6.45) is 1.33. The first-order valence-corrected chi connectivity index (χ1v) is 7.91. The van der Waals surface area contributed by atoms with Crippen LogP contribution >= 0.6 is 0 Å². The number of hydrogen-bond donors (Lipinski definition) is 2. The molecular weight excluding hydrogens is 268 g/mol. The van der Waals surface area contributed by atoms with E-state index in [9.17, 15) is 9.59 Å². The molecule has 2 N–H and O–H groups in total. The van der Waals surface area contributed by atoms with E-state index in [4.69, 9.17) is 0 Å². The number of likely N-dealkylation sites (N-methyl/N-ethyl adjacent to an activating group) is 1. The highest BCUT2D eigenvalue weighted by molar-refractivity contribution is 5.89. The Balaban J connectivity index is 1.82. The molecule has 0 aromatic heterocycles. The Bertz CT molecular complexity index is 386. The summed E-state index contributed by atoms with van der Waals surface area (Å²) in [7, 11) is 3.98. The third-order valence-electron chi connectivity index (χ3n) is 4.52. The summed E-state index contributed by atoms with van der Waals surface area (Å²) in [6, 6.07) is 0.240. The summed E-state index contributed by atoms with van der Waals surface area (Å²) in [6.45, 7) is 6.17. The third kappa shape index (κ3) is 4.41. The number of nitrogens with zero attached hydrogens (tertiary/aromatic N) is 2. The van der Waals surface area contributed by atoms with Gasteiger partial charge in [-0.2, -0.15) is 0 Å². The van der Waals surface area contributed by atoms with Crippen molar-refractivity contribution in [1.82, 2.24) is 20.4 Å². The van der Waals surface area contributed by atoms with E-state index in [1.165, 1.54) is 0 Å². The number of carbonyl (C=O) groups excluding carboxylic acids is 2. The van der Waals surface area contributed by atoms with Gasteiger partial charge in [0.15, 0.2) is 0 Å². The standard InChI is InChI=1S/C15H28N4O2/c1-11-9-16-5-4-13(11)17-15(21)12-8-14(20)19(10-12)7-6-18(2)3/h11-13,16H,4-10H2,1-3H3,(H,17,21). The Labute approximate surface area is 127 Å². The van der Waals surface area contributed by atoms with Crippen molar-refractivity contribution in [1.29, 1.82) is 0 Å². The molecule has 0 radical (unpaired) electrons. The second kappa shape index (κ2) is 7.22. The second-order valence-corrected chi connectivity index (χ2v) is 6.63. The van der Waals surface area contributed by atoms with Crippen molar-refractivity contribution >= 4 is 11.8 Å². The molecule has 3 atom stereocenters. The molecule has 3 unspecified atom stereocenters.